The standard InChI is InChI=1S/C45H27N3S2/c1-4-14-28(15-5-1)31-26-36(41-33-20-10-11-24-37(33)49-39(41)27-31)32-21-13-25-38-40(32)34-22-12-23-35(42(34)50-38)45-47-43(29-16-6-2-7-17-29)46-44(48-45)30-18-8-3-9-19-30/h1-27H. The van der Waals surface area contributed by atoms with Crippen molar-refractivity contribution in [2.45, 2.75) is 0 Å². The highest BCUT2D eigenvalue weighted by Gasteiger charge is 2.20. The van der Waals surface area contributed by atoms with Gasteiger partial charge in [0.15, 0.2) is 17.5 Å². The molecule has 0 radical (unpaired) electrons. The first-order chi connectivity index (χ1) is 24.8. The maximum absolute atomic E-state index is 5.10. The lowest BCUT2D eigenvalue weighted by Crippen LogP contribution is -2.00. The fourth-order valence-electron chi connectivity index (χ4n) is 7.04. The summed E-state index contributed by atoms with van der Waals surface area (Å²) in [4.78, 5) is 15.1. The summed E-state index contributed by atoms with van der Waals surface area (Å²) in [5.74, 6) is 2.00. The first kappa shape index (κ1) is 29.0. The van der Waals surface area contributed by atoms with Gasteiger partial charge in [0.05, 0.1) is 0 Å². The van der Waals surface area contributed by atoms with Gasteiger partial charge in [-0.05, 0) is 52.6 Å². The van der Waals surface area contributed by atoms with Crippen LogP contribution in [-0.2, 0) is 0 Å². The Bertz CT molecular complexity index is 2800. The number of rotatable bonds is 5. The summed E-state index contributed by atoms with van der Waals surface area (Å²) in [5.41, 5.74) is 7.87. The molecule has 0 bridgehead atoms. The topological polar surface area (TPSA) is 38.7 Å². The molecule has 0 fully saturated rings. The predicted molar refractivity (Wildman–Crippen MR) is 213 cm³/mol. The molecule has 234 valence electrons. The van der Waals surface area contributed by atoms with E-state index in [2.05, 4.69) is 127 Å². The van der Waals surface area contributed by atoms with E-state index >= 15 is 0 Å². The second kappa shape index (κ2) is 11.8. The van der Waals surface area contributed by atoms with E-state index in [1.54, 1.807) is 0 Å². The number of hydrogen-bond donors (Lipinski definition) is 0. The SMILES string of the molecule is c1ccc(-c2cc(-c3cccc4sc5c(-c6nc(-c7ccccc7)nc(-c7ccccc7)n6)cccc5c34)c3c(c2)sc2ccccc23)cc1. The van der Waals surface area contributed by atoms with Gasteiger partial charge in [0.2, 0.25) is 0 Å². The molecule has 0 aliphatic rings. The lowest BCUT2D eigenvalue weighted by Gasteiger charge is -2.11. The highest BCUT2D eigenvalue weighted by Crippen LogP contribution is 2.48. The summed E-state index contributed by atoms with van der Waals surface area (Å²) in [6.45, 7) is 0. The molecule has 10 aromatic rings. The average Bonchev–Trinajstić information content (AvgIpc) is 3.77. The van der Waals surface area contributed by atoms with Crippen LogP contribution in [0.25, 0.3) is 96.8 Å². The molecular weight excluding hydrogens is 647 g/mol. The smallest absolute Gasteiger partial charge is 0.165 e. The van der Waals surface area contributed by atoms with Crippen LogP contribution in [0.2, 0.25) is 0 Å². The Balaban J connectivity index is 1.24. The summed E-state index contributed by atoms with van der Waals surface area (Å²) in [7, 11) is 0. The molecule has 3 heterocycles. The molecule has 0 saturated carbocycles. The monoisotopic (exact) mass is 673 g/mol. The Labute approximate surface area is 296 Å². The summed E-state index contributed by atoms with van der Waals surface area (Å²) in [5, 5.41) is 5.08. The second-order valence-corrected chi connectivity index (χ2v) is 14.5. The highest BCUT2D eigenvalue weighted by atomic mass is 32.1. The fraction of sp³-hybridized carbons (Fsp3) is 0. The minimum atomic E-state index is 0.665. The van der Waals surface area contributed by atoms with Crippen molar-refractivity contribution in [1.82, 2.24) is 15.0 Å². The third kappa shape index (κ3) is 4.82. The number of nitrogens with zero attached hydrogens (tertiary/aromatic N) is 3. The second-order valence-electron chi connectivity index (χ2n) is 12.4. The summed E-state index contributed by atoms with van der Waals surface area (Å²) in [6, 6.07) is 57.9. The van der Waals surface area contributed by atoms with E-state index in [1.165, 1.54) is 62.6 Å². The van der Waals surface area contributed by atoms with Gasteiger partial charge in [-0.3, -0.25) is 0 Å². The van der Waals surface area contributed by atoms with Crippen molar-refractivity contribution >= 4 is 63.0 Å². The number of aromatic nitrogens is 3. The highest BCUT2D eigenvalue weighted by molar-refractivity contribution is 7.26. The van der Waals surface area contributed by atoms with Crippen LogP contribution < -0.4 is 0 Å². The molecule has 0 saturated heterocycles. The van der Waals surface area contributed by atoms with E-state index in [9.17, 15) is 0 Å². The van der Waals surface area contributed by atoms with Crippen LogP contribution in [0.4, 0.5) is 0 Å². The molecular formula is C45H27N3S2. The van der Waals surface area contributed by atoms with Crippen LogP contribution in [-0.4, -0.2) is 15.0 Å². The van der Waals surface area contributed by atoms with Gasteiger partial charge in [0.25, 0.3) is 0 Å². The van der Waals surface area contributed by atoms with Crippen molar-refractivity contribution < 1.29 is 0 Å². The molecule has 0 aliphatic carbocycles. The van der Waals surface area contributed by atoms with E-state index in [1.807, 2.05) is 59.1 Å². The molecule has 0 aliphatic heterocycles. The predicted octanol–water partition coefficient (Wildman–Crippen LogP) is 12.9. The quantitative estimate of drug-likeness (QED) is 0.182. The normalized spacial score (nSPS) is 11.6. The first-order valence-corrected chi connectivity index (χ1v) is 18.2. The molecule has 7 aromatic carbocycles. The van der Waals surface area contributed by atoms with E-state index in [4.69, 9.17) is 15.0 Å². The van der Waals surface area contributed by atoms with Gasteiger partial charge in [-0.25, -0.2) is 15.0 Å². The zero-order chi connectivity index (χ0) is 33.0. The van der Waals surface area contributed by atoms with Crippen LogP contribution in [0.1, 0.15) is 0 Å². The number of fused-ring (bicyclic) bond motifs is 6. The molecule has 0 amide bonds. The Morgan fingerprint density at radius 1 is 0.320 bits per heavy atom. The minimum absolute atomic E-state index is 0.665. The Morgan fingerprint density at radius 2 is 0.860 bits per heavy atom. The van der Waals surface area contributed by atoms with Crippen LogP contribution >= 0.6 is 22.7 Å². The summed E-state index contributed by atoms with van der Waals surface area (Å²) < 4.78 is 5.01. The van der Waals surface area contributed by atoms with Gasteiger partial charge in [0.1, 0.15) is 0 Å². The van der Waals surface area contributed by atoms with E-state index < -0.39 is 0 Å². The van der Waals surface area contributed by atoms with Crippen LogP contribution in [0.15, 0.2) is 164 Å². The van der Waals surface area contributed by atoms with Crippen molar-refractivity contribution in [3.8, 4) is 56.4 Å². The molecule has 0 atom stereocenters. The summed E-state index contributed by atoms with van der Waals surface area (Å²) in [6.07, 6.45) is 0. The van der Waals surface area contributed by atoms with Crippen molar-refractivity contribution in [2.75, 3.05) is 0 Å². The average molecular weight is 674 g/mol. The first-order valence-electron chi connectivity index (χ1n) is 16.6. The fourth-order valence-corrected chi connectivity index (χ4v) is 9.45. The number of hydrogen-bond acceptors (Lipinski definition) is 5. The van der Waals surface area contributed by atoms with Crippen molar-refractivity contribution in [2.24, 2.45) is 0 Å². The van der Waals surface area contributed by atoms with Gasteiger partial charge < -0.3 is 0 Å². The minimum Gasteiger partial charge on any atom is -0.208 e. The Hall–Kier alpha value is -6.01. The third-order valence-corrected chi connectivity index (χ3v) is 11.7. The van der Waals surface area contributed by atoms with Gasteiger partial charge >= 0.3 is 0 Å². The maximum Gasteiger partial charge on any atom is 0.165 e. The molecule has 5 heteroatoms. The third-order valence-electron chi connectivity index (χ3n) is 9.34. The van der Waals surface area contributed by atoms with Gasteiger partial charge in [-0.2, -0.15) is 0 Å². The van der Waals surface area contributed by atoms with Gasteiger partial charge in [0, 0.05) is 57.0 Å². The molecule has 0 N–H and O–H groups in total. The molecule has 10 rings (SSSR count). The van der Waals surface area contributed by atoms with Crippen LogP contribution in [0.5, 0.6) is 0 Å². The lowest BCUT2D eigenvalue weighted by molar-refractivity contribution is 1.08. The van der Waals surface area contributed by atoms with E-state index in [0.717, 1.165) is 16.7 Å². The van der Waals surface area contributed by atoms with Gasteiger partial charge in [-0.15, -0.1) is 22.7 Å². The molecule has 3 nitrogen and oxygen atoms in total. The largest absolute Gasteiger partial charge is 0.208 e. The van der Waals surface area contributed by atoms with Gasteiger partial charge in [-0.1, -0.05) is 133 Å². The molecule has 50 heavy (non-hydrogen) atoms. The van der Waals surface area contributed by atoms with E-state index in [0.29, 0.717) is 17.5 Å². The zero-order valence-electron chi connectivity index (χ0n) is 26.7. The number of thiophene rings is 2. The number of benzene rings is 7. The maximum atomic E-state index is 5.10. The molecule has 3 aromatic heterocycles. The van der Waals surface area contributed by atoms with Crippen LogP contribution in [0, 0.1) is 0 Å². The molecule has 0 spiro atoms. The van der Waals surface area contributed by atoms with E-state index in [-0.39, 0.29) is 0 Å². The van der Waals surface area contributed by atoms with Crippen molar-refractivity contribution in [1.29, 1.82) is 0 Å². The van der Waals surface area contributed by atoms with Crippen LogP contribution in [0.3, 0.4) is 0 Å². The molecule has 0 unspecified atom stereocenters. The Kier molecular flexibility index (Phi) is 6.86. The van der Waals surface area contributed by atoms with Crippen molar-refractivity contribution in [3.05, 3.63) is 164 Å². The Morgan fingerprint density at radius 3 is 1.58 bits per heavy atom. The van der Waals surface area contributed by atoms with Crippen molar-refractivity contribution in [3.63, 3.8) is 0 Å². The zero-order valence-corrected chi connectivity index (χ0v) is 28.4. The summed E-state index contributed by atoms with van der Waals surface area (Å²) >= 11 is 3.68. The lowest BCUT2D eigenvalue weighted by atomic mass is 9.92.